The lowest BCUT2D eigenvalue weighted by Gasteiger charge is -2.17. The number of nitrogens with two attached hydrogens (primary N) is 1. The Labute approximate surface area is 173 Å². The van der Waals surface area contributed by atoms with Gasteiger partial charge in [-0.2, -0.15) is 0 Å². The second-order valence-corrected chi connectivity index (χ2v) is 10.5. The first kappa shape index (κ1) is 21.9. The molecule has 0 radical (unpaired) electrons. The first-order chi connectivity index (χ1) is 13.8. The number of aliphatic imine (C=N–C) groups is 1. The SMILES string of the molecule is C[C@@H](CS(=O)(=O)CCCCCN1CCN=C1N)c1ccc(F)c(OCC2CC2)c1. The van der Waals surface area contributed by atoms with Crippen LogP contribution in [-0.4, -0.2) is 57.0 Å². The number of rotatable bonds is 12. The van der Waals surface area contributed by atoms with Crippen molar-refractivity contribution >= 4 is 15.8 Å². The van der Waals surface area contributed by atoms with Crippen LogP contribution in [0.3, 0.4) is 0 Å². The van der Waals surface area contributed by atoms with Crippen LogP contribution in [0.1, 0.15) is 50.5 Å². The molecular weight excluding hydrogens is 393 g/mol. The minimum absolute atomic E-state index is 0.0619. The van der Waals surface area contributed by atoms with E-state index in [-0.39, 0.29) is 23.2 Å². The van der Waals surface area contributed by atoms with Crippen LogP contribution in [0.15, 0.2) is 23.2 Å². The first-order valence-corrected chi connectivity index (χ1v) is 12.3. The van der Waals surface area contributed by atoms with Crippen molar-refractivity contribution < 1.29 is 17.5 Å². The van der Waals surface area contributed by atoms with Crippen LogP contribution < -0.4 is 10.5 Å². The van der Waals surface area contributed by atoms with Crippen LogP contribution in [-0.2, 0) is 9.84 Å². The Morgan fingerprint density at radius 3 is 2.79 bits per heavy atom. The summed E-state index contributed by atoms with van der Waals surface area (Å²) in [4.78, 5) is 6.18. The number of hydrogen-bond donors (Lipinski definition) is 1. The molecule has 0 saturated heterocycles. The Morgan fingerprint density at radius 2 is 2.10 bits per heavy atom. The van der Waals surface area contributed by atoms with E-state index in [4.69, 9.17) is 10.5 Å². The molecule has 1 aliphatic heterocycles. The Kier molecular flexibility index (Phi) is 7.38. The Bertz CT molecular complexity index is 824. The van der Waals surface area contributed by atoms with Crippen LogP contribution in [0, 0.1) is 11.7 Å². The van der Waals surface area contributed by atoms with Gasteiger partial charge in [0.1, 0.15) is 0 Å². The third kappa shape index (κ3) is 6.87. The lowest BCUT2D eigenvalue weighted by Crippen LogP contribution is -2.34. The third-order valence-electron chi connectivity index (χ3n) is 5.55. The fourth-order valence-electron chi connectivity index (χ4n) is 3.52. The molecular formula is C21H32FN3O3S. The standard InChI is InChI=1S/C21H32FN3O3S/c1-16(18-7-8-19(22)20(13-18)28-14-17-5-6-17)15-29(26,27)12-4-2-3-10-25-11-9-24-21(25)23/h7-8,13,16-17H,2-6,9-12,14-15H2,1H3,(H2,23,24)/t16-/m0/s1. The fraction of sp³-hybridized carbons (Fsp3) is 0.667. The van der Waals surface area contributed by atoms with E-state index >= 15 is 0 Å². The van der Waals surface area contributed by atoms with Gasteiger partial charge in [-0.3, -0.25) is 4.99 Å². The number of nitrogens with zero attached hydrogens (tertiary/aromatic N) is 2. The molecule has 29 heavy (non-hydrogen) atoms. The molecule has 1 aromatic carbocycles. The predicted molar refractivity (Wildman–Crippen MR) is 114 cm³/mol. The van der Waals surface area contributed by atoms with Crippen molar-refractivity contribution in [3.63, 3.8) is 0 Å². The van der Waals surface area contributed by atoms with Gasteiger partial charge in [-0.25, -0.2) is 12.8 Å². The molecule has 2 aliphatic rings. The molecule has 0 aromatic heterocycles. The highest BCUT2D eigenvalue weighted by Crippen LogP contribution is 2.31. The van der Waals surface area contributed by atoms with Crippen molar-refractivity contribution in [2.75, 3.05) is 37.7 Å². The molecule has 1 heterocycles. The lowest BCUT2D eigenvalue weighted by molar-refractivity contribution is 0.285. The molecule has 1 saturated carbocycles. The van der Waals surface area contributed by atoms with Gasteiger partial charge in [-0.1, -0.05) is 19.4 Å². The van der Waals surface area contributed by atoms with E-state index in [1.807, 2.05) is 11.8 Å². The molecule has 0 spiro atoms. The maximum Gasteiger partial charge on any atom is 0.191 e. The van der Waals surface area contributed by atoms with Crippen LogP contribution in [0.25, 0.3) is 0 Å². The van der Waals surface area contributed by atoms with Crippen molar-refractivity contribution in [1.29, 1.82) is 0 Å². The van der Waals surface area contributed by atoms with E-state index in [9.17, 15) is 12.8 Å². The highest BCUT2D eigenvalue weighted by molar-refractivity contribution is 7.91. The van der Waals surface area contributed by atoms with Crippen molar-refractivity contribution in [2.24, 2.45) is 16.6 Å². The number of unbranched alkanes of at least 4 members (excludes halogenated alkanes) is 2. The van der Waals surface area contributed by atoms with Gasteiger partial charge in [0.05, 0.1) is 24.7 Å². The summed E-state index contributed by atoms with van der Waals surface area (Å²) >= 11 is 0. The van der Waals surface area contributed by atoms with E-state index in [1.165, 1.54) is 6.07 Å². The maximum atomic E-state index is 14.0. The molecule has 0 unspecified atom stereocenters. The molecule has 1 fully saturated rings. The van der Waals surface area contributed by atoms with Gasteiger partial charge in [0.25, 0.3) is 0 Å². The summed E-state index contributed by atoms with van der Waals surface area (Å²) < 4.78 is 44.5. The number of halogens is 1. The average Bonchev–Trinajstić information content (AvgIpc) is 3.41. The zero-order chi connectivity index (χ0) is 20.9. The minimum Gasteiger partial charge on any atom is -0.490 e. The highest BCUT2D eigenvalue weighted by atomic mass is 32.2. The van der Waals surface area contributed by atoms with Crippen LogP contribution in [0.5, 0.6) is 5.75 Å². The van der Waals surface area contributed by atoms with Crippen LogP contribution in [0.4, 0.5) is 4.39 Å². The van der Waals surface area contributed by atoms with E-state index in [2.05, 4.69) is 4.99 Å². The smallest absolute Gasteiger partial charge is 0.191 e. The highest BCUT2D eigenvalue weighted by Gasteiger charge is 2.23. The molecule has 8 heteroatoms. The van der Waals surface area contributed by atoms with Gasteiger partial charge >= 0.3 is 0 Å². The zero-order valence-corrected chi connectivity index (χ0v) is 18.0. The lowest BCUT2D eigenvalue weighted by atomic mass is 10.0. The summed E-state index contributed by atoms with van der Waals surface area (Å²) in [5.74, 6) is 0.983. The zero-order valence-electron chi connectivity index (χ0n) is 17.1. The summed E-state index contributed by atoms with van der Waals surface area (Å²) in [7, 11) is -3.17. The van der Waals surface area contributed by atoms with E-state index < -0.39 is 15.7 Å². The number of sulfone groups is 1. The topological polar surface area (TPSA) is 85.0 Å². The van der Waals surface area contributed by atoms with E-state index in [0.29, 0.717) is 24.9 Å². The van der Waals surface area contributed by atoms with Gasteiger partial charge in [0.15, 0.2) is 27.4 Å². The maximum absolute atomic E-state index is 14.0. The summed E-state index contributed by atoms with van der Waals surface area (Å²) in [5.41, 5.74) is 6.57. The van der Waals surface area contributed by atoms with Gasteiger partial charge < -0.3 is 15.4 Å². The third-order valence-corrected chi connectivity index (χ3v) is 7.47. The second kappa shape index (κ2) is 9.78. The number of benzene rings is 1. The minimum atomic E-state index is -3.17. The summed E-state index contributed by atoms with van der Waals surface area (Å²) in [5, 5.41) is 0. The van der Waals surface area contributed by atoms with Crippen LogP contribution >= 0.6 is 0 Å². The second-order valence-electron chi connectivity index (χ2n) is 8.25. The fourth-order valence-corrected chi connectivity index (χ4v) is 5.28. The molecule has 3 rings (SSSR count). The Hall–Kier alpha value is -1.83. The molecule has 0 amide bonds. The number of ether oxygens (including phenoxy) is 1. The molecule has 2 N–H and O–H groups in total. The summed E-state index contributed by atoms with van der Waals surface area (Å²) in [6, 6.07) is 4.68. The van der Waals surface area contributed by atoms with Gasteiger partial charge in [-0.15, -0.1) is 0 Å². The molecule has 1 aromatic rings. The molecule has 6 nitrogen and oxygen atoms in total. The van der Waals surface area contributed by atoms with Gasteiger partial charge in [0, 0.05) is 13.1 Å². The van der Waals surface area contributed by atoms with Crippen molar-refractivity contribution in [3.05, 3.63) is 29.6 Å². The van der Waals surface area contributed by atoms with E-state index in [1.54, 1.807) is 12.1 Å². The Balaban J connectivity index is 1.42. The molecule has 1 aliphatic carbocycles. The average molecular weight is 426 g/mol. The van der Waals surface area contributed by atoms with Crippen LogP contribution in [0.2, 0.25) is 0 Å². The largest absolute Gasteiger partial charge is 0.490 e. The molecule has 0 bridgehead atoms. The normalized spacial score (nSPS) is 18.0. The molecule has 162 valence electrons. The monoisotopic (exact) mass is 425 g/mol. The van der Waals surface area contributed by atoms with Gasteiger partial charge in [-0.05, 0) is 55.2 Å². The number of guanidine groups is 1. The van der Waals surface area contributed by atoms with Crippen molar-refractivity contribution in [1.82, 2.24) is 4.90 Å². The predicted octanol–water partition coefficient (Wildman–Crippen LogP) is 2.93. The number of hydrogen-bond acceptors (Lipinski definition) is 6. The summed E-state index contributed by atoms with van der Waals surface area (Å²) in [6.07, 6.45) is 4.65. The first-order valence-electron chi connectivity index (χ1n) is 10.5. The van der Waals surface area contributed by atoms with Gasteiger partial charge in [0.2, 0.25) is 0 Å². The quantitative estimate of drug-likeness (QED) is 0.521. The Morgan fingerprint density at radius 1 is 1.31 bits per heavy atom. The van der Waals surface area contributed by atoms with E-state index in [0.717, 1.165) is 50.9 Å². The van der Waals surface area contributed by atoms with Crippen molar-refractivity contribution in [3.8, 4) is 5.75 Å². The molecule has 1 atom stereocenters. The summed E-state index contributed by atoms with van der Waals surface area (Å²) in [6.45, 7) is 4.82. The van der Waals surface area contributed by atoms with Crippen molar-refractivity contribution in [2.45, 2.75) is 44.9 Å².